The molecule has 140 valence electrons. The molecule has 1 amide bonds. The molecular formula is C22H23FN2O2. The molecule has 2 heterocycles. The van der Waals surface area contributed by atoms with E-state index >= 15 is 0 Å². The molecule has 2 aromatic rings. The Kier molecular flexibility index (Phi) is 4.12. The minimum atomic E-state index is -0.238. The molecule has 1 saturated heterocycles. The lowest BCUT2D eigenvalue weighted by Crippen LogP contribution is -2.46. The lowest BCUT2D eigenvalue weighted by molar-refractivity contribution is -0.123. The Morgan fingerprint density at radius 3 is 2.63 bits per heavy atom. The summed E-state index contributed by atoms with van der Waals surface area (Å²) in [5.74, 6) is 1.34. The first-order chi connectivity index (χ1) is 13.2. The molecule has 2 bridgehead atoms. The molecule has 0 N–H and O–H groups in total. The van der Waals surface area contributed by atoms with E-state index in [-0.39, 0.29) is 23.9 Å². The Morgan fingerprint density at radius 1 is 1.07 bits per heavy atom. The van der Waals surface area contributed by atoms with Crippen LogP contribution in [-0.2, 0) is 11.3 Å². The van der Waals surface area contributed by atoms with Crippen molar-refractivity contribution in [1.82, 2.24) is 4.90 Å². The van der Waals surface area contributed by atoms with Crippen LogP contribution in [0.25, 0.3) is 0 Å². The first-order valence-electron chi connectivity index (χ1n) is 9.73. The average molecular weight is 366 g/mol. The molecule has 0 unspecified atom stereocenters. The molecule has 3 aliphatic rings. The molecular weight excluding hydrogens is 343 g/mol. The van der Waals surface area contributed by atoms with E-state index in [1.807, 2.05) is 29.2 Å². The van der Waals surface area contributed by atoms with Gasteiger partial charge < -0.3 is 9.64 Å². The number of ether oxygens (including phenoxy) is 1. The third kappa shape index (κ3) is 3.32. The van der Waals surface area contributed by atoms with E-state index in [9.17, 15) is 9.18 Å². The summed E-state index contributed by atoms with van der Waals surface area (Å²) in [5, 5.41) is 0. The second-order valence-electron chi connectivity index (χ2n) is 7.91. The Hall–Kier alpha value is -2.40. The number of benzene rings is 2. The first kappa shape index (κ1) is 16.8. The Labute approximate surface area is 158 Å². The predicted molar refractivity (Wildman–Crippen MR) is 101 cm³/mol. The number of likely N-dealkylation sites (tertiary alicyclic amines) is 1. The Balaban J connectivity index is 1.45. The minimum Gasteiger partial charge on any atom is -0.487 e. The molecule has 5 rings (SSSR count). The summed E-state index contributed by atoms with van der Waals surface area (Å²) < 4.78 is 19.5. The van der Waals surface area contributed by atoms with E-state index in [2.05, 4.69) is 4.90 Å². The van der Waals surface area contributed by atoms with Crippen LogP contribution < -0.4 is 9.64 Å². The molecule has 2 aliphatic heterocycles. The summed E-state index contributed by atoms with van der Waals surface area (Å²) in [4.78, 5) is 17.6. The van der Waals surface area contributed by atoms with E-state index in [0.29, 0.717) is 25.4 Å². The zero-order valence-electron chi connectivity index (χ0n) is 15.2. The number of halogens is 1. The van der Waals surface area contributed by atoms with Crippen LogP contribution in [0.2, 0.25) is 0 Å². The molecule has 0 aromatic heterocycles. The Morgan fingerprint density at radius 2 is 1.85 bits per heavy atom. The van der Waals surface area contributed by atoms with Gasteiger partial charge in [-0.05, 0) is 48.6 Å². The van der Waals surface area contributed by atoms with Crippen LogP contribution in [0.5, 0.6) is 5.75 Å². The van der Waals surface area contributed by atoms with E-state index in [0.717, 1.165) is 23.5 Å². The Bertz CT molecular complexity index is 850. The highest BCUT2D eigenvalue weighted by molar-refractivity contribution is 5.99. The SMILES string of the molecule is O=C1[C@@H]2C[C@@H](CN2Cc2ccc(F)cc2)Oc2ccccc2N1CC1CC1. The maximum Gasteiger partial charge on any atom is 0.244 e. The van der Waals surface area contributed by atoms with Crippen LogP contribution in [0, 0.1) is 11.7 Å². The second-order valence-corrected chi connectivity index (χ2v) is 7.91. The van der Waals surface area contributed by atoms with Gasteiger partial charge in [0.1, 0.15) is 17.7 Å². The van der Waals surface area contributed by atoms with Crippen molar-refractivity contribution in [3.8, 4) is 5.75 Å². The summed E-state index contributed by atoms with van der Waals surface area (Å²) in [5.41, 5.74) is 1.91. The standard InChI is InChI=1S/C22H23FN2O2/c23-17-9-7-15(8-10-17)12-24-14-18-11-20(24)22(26)25(13-16-5-6-16)19-3-1-2-4-21(19)27-18/h1-4,7-10,16,18,20H,5-6,11-14H2/t18-,20-/m0/s1. The number of para-hydroxylation sites is 2. The molecule has 5 heteroatoms. The molecule has 4 nitrogen and oxygen atoms in total. The number of nitrogens with zero attached hydrogens (tertiary/aromatic N) is 2. The zero-order valence-corrected chi connectivity index (χ0v) is 15.2. The lowest BCUT2D eigenvalue weighted by Gasteiger charge is -2.32. The number of amides is 1. The van der Waals surface area contributed by atoms with Crippen molar-refractivity contribution in [2.75, 3.05) is 18.0 Å². The van der Waals surface area contributed by atoms with Gasteiger partial charge in [-0.25, -0.2) is 4.39 Å². The van der Waals surface area contributed by atoms with E-state index in [4.69, 9.17) is 4.74 Å². The third-order valence-electron chi connectivity index (χ3n) is 5.80. The smallest absolute Gasteiger partial charge is 0.244 e. The third-order valence-corrected chi connectivity index (χ3v) is 5.80. The minimum absolute atomic E-state index is 0.00335. The molecule has 2 fully saturated rings. The van der Waals surface area contributed by atoms with Crippen molar-refractivity contribution < 1.29 is 13.9 Å². The molecule has 0 radical (unpaired) electrons. The zero-order chi connectivity index (χ0) is 18.4. The van der Waals surface area contributed by atoms with Gasteiger partial charge in [0.05, 0.1) is 11.7 Å². The van der Waals surface area contributed by atoms with Crippen molar-refractivity contribution in [2.45, 2.75) is 38.0 Å². The van der Waals surface area contributed by atoms with Gasteiger partial charge in [-0.3, -0.25) is 9.69 Å². The van der Waals surface area contributed by atoms with Crippen molar-refractivity contribution in [1.29, 1.82) is 0 Å². The number of hydrogen-bond donors (Lipinski definition) is 0. The lowest BCUT2D eigenvalue weighted by atomic mass is 10.1. The van der Waals surface area contributed by atoms with Crippen LogP contribution in [0.15, 0.2) is 48.5 Å². The summed E-state index contributed by atoms with van der Waals surface area (Å²) in [6.07, 6.45) is 3.09. The highest BCUT2D eigenvalue weighted by Gasteiger charge is 2.43. The maximum atomic E-state index is 13.5. The van der Waals surface area contributed by atoms with Gasteiger partial charge in [0.2, 0.25) is 5.91 Å². The summed E-state index contributed by atoms with van der Waals surface area (Å²) in [7, 11) is 0. The molecule has 2 aromatic carbocycles. The highest BCUT2D eigenvalue weighted by atomic mass is 19.1. The fourth-order valence-corrected chi connectivity index (χ4v) is 4.21. The average Bonchev–Trinajstić information content (AvgIpc) is 3.40. The summed E-state index contributed by atoms with van der Waals surface area (Å²) in [6.45, 7) is 2.11. The number of anilines is 1. The van der Waals surface area contributed by atoms with E-state index < -0.39 is 0 Å². The monoisotopic (exact) mass is 366 g/mol. The fourth-order valence-electron chi connectivity index (χ4n) is 4.21. The van der Waals surface area contributed by atoms with Gasteiger partial charge >= 0.3 is 0 Å². The fraction of sp³-hybridized carbons (Fsp3) is 0.409. The molecule has 27 heavy (non-hydrogen) atoms. The van der Waals surface area contributed by atoms with Crippen LogP contribution in [0.3, 0.4) is 0 Å². The van der Waals surface area contributed by atoms with E-state index in [1.54, 1.807) is 12.1 Å². The number of fused-ring (bicyclic) bond motifs is 3. The molecule has 1 aliphatic carbocycles. The van der Waals surface area contributed by atoms with Crippen molar-refractivity contribution in [2.24, 2.45) is 5.92 Å². The maximum absolute atomic E-state index is 13.5. The second kappa shape index (κ2) is 6.64. The van der Waals surface area contributed by atoms with Gasteiger partial charge in [0.25, 0.3) is 0 Å². The summed E-state index contributed by atoms with van der Waals surface area (Å²) in [6, 6.07) is 14.2. The largest absolute Gasteiger partial charge is 0.487 e. The van der Waals surface area contributed by atoms with Crippen LogP contribution >= 0.6 is 0 Å². The van der Waals surface area contributed by atoms with Crippen LogP contribution in [0.4, 0.5) is 10.1 Å². The predicted octanol–water partition coefficient (Wildman–Crippen LogP) is 3.60. The van der Waals surface area contributed by atoms with Gasteiger partial charge in [-0.1, -0.05) is 24.3 Å². The number of hydrogen-bond acceptors (Lipinski definition) is 3. The number of carbonyl (C=O) groups excluding carboxylic acids is 1. The number of rotatable bonds is 4. The first-order valence-corrected chi connectivity index (χ1v) is 9.73. The molecule has 1 saturated carbocycles. The quantitative estimate of drug-likeness (QED) is 0.829. The van der Waals surface area contributed by atoms with Crippen molar-refractivity contribution >= 4 is 11.6 Å². The molecule has 2 atom stereocenters. The van der Waals surface area contributed by atoms with Gasteiger partial charge in [0, 0.05) is 26.1 Å². The topological polar surface area (TPSA) is 32.8 Å². The van der Waals surface area contributed by atoms with Crippen LogP contribution in [-0.4, -0.2) is 36.0 Å². The highest BCUT2D eigenvalue weighted by Crippen LogP contribution is 2.39. The normalized spacial score (nSPS) is 24.9. The van der Waals surface area contributed by atoms with Crippen molar-refractivity contribution in [3.63, 3.8) is 0 Å². The van der Waals surface area contributed by atoms with Crippen LogP contribution in [0.1, 0.15) is 24.8 Å². The summed E-state index contributed by atoms with van der Waals surface area (Å²) >= 11 is 0. The van der Waals surface area contributed by atoms with E-state index in [1.165, 1.54) is 25.0 Å². The van der Waals surface area contributed by atoms with Crippen molar-refractivity contribution in [3.05, 3.63) is 59.9 Å². The molecule has 0 spiro atoms. The van der Waals surface area contributed by atoms with Gasteiger partial charge in [-0.15, -0.1) is 0 Å². The number of carbonyl (C=O) groups is 1. The van der Waals surface area contributed by atoms with Gasteiger partial charge in [-0.2, -0.15) is 0 Å². The van der Waals surface area contributed by atoms with Gasteiger partial charge in [0.15, 0.2) is 0 Å².